The quantitative estimate of drug-likeness (QED) is 0.370. The molecule has 2 aromatic rings. The van der Waals surface area contributed by atoms with Crippen LogP contribution in [0.2, 0.25) is 0 Å². The molecule has 0 saturated carbocycles. The summed E-state index contributed by atoms with van der Waals surface area (Å²) in [5.74, 6) is -0.914. The van der Waals surface area contributed by atoms with Crippen LogP contribution in [0.5, 0.6) is 0 Å². The van der Waals surface area contributed by atoms with Crippen LogP contribution in [-0.2, 0) is 9.53 Å². The van der Waals surface area contributed by atoms with E-state index in [-0.39, 0.29) is 5.56 Å². The molecule has 184 valence electrons. The van der Waals surface area contributed by atoms with Gasteiger partial charge in [0.2, 0.25) is 0 Å². The second kappa shape index (κ2) is 11.8. The molecule has 5 N–H and O–H groups in total. The number of methoxy groups -OCH3 is 1. The summed E-state index contributed by atoms with van der Waals surface area (Å²) >= 11 is 1.46. The number of aliphatic hydroxyl groups excluding tert-OH is 4. The molecule has 1 amide bonds. The maximum Gasteiger partial charge on any atom is 0.252 e. The molecule has 0 aliphatic carbocycles. The summed E-state index contributed by atoms with van der Waals surface area (Å²) in [4.78, 5) is 15.5. The lowest BCUT2D eigenvalue weighted by Gasteiger charge is -2.32. The summed E-state index contributed by atoms with van der Waals surface area (Å²) in [5.41, 5.74) is 1.01. The molecule has 6 atom stereocenters. The number of hydrogen-bond donors (Lipinski definition) is 5. The van der Waals surface area contributed by atoms with Crippen LogP contribution in [-0.4, -0.2) is 82.9 Å². The Kier molecular flexibility index (Phi) is 9.06. The summed E-state index contributed by atoms with van der Waals surface area (Å²) in [6, 6.07) is 12.7. The largest absolute Gasteiger partial charge is 0.387 e. The van der Waals surface area contributed by atoms with E-state index in [9.17, 15) is 29.6 Å². The summed E-state index contributed by atoms with van der Waals surface area (Å²) in [6.07, 6.45) is -5.37. The Morgan fingerprint density at radius 2 is 1.85 bits per heavy atom. The third-order valence-electron chi connectivity index (χ3n) is 5.65. The predicted octanol–water partition coefficient (Wildman–Crippen LogP) is 0.982. The maximum atomic E-state index is 13.7. The lowest BCUT2D eigenvalue weighted by Crippen LogP contribution is -2.57. The average Bonchev–Trinajstić information content (AvgIpc) is 2.95. The molecule has 0 saturated heterocycles. The van der Waals surface area contributed by atoms with Gasteiger partial charge in [-0.2, -0.15) is 0 Å². The van der Waals surface area contributed by atoms with Crippen molar-refractivity contribution < 1.29 is 34.3 Å². The third kappa shape index (κ3) is 5.96. The smallest absolute Gasteiger partial charge is 0.252 e. The summed E-state index contributed by atoms with van der Waals surface area (Å²) in [7, 11) is 2.89. The number of ether oxygens (including phenoxy) is 1. The van der Waals surface area contributed by atoms with E-state index in [0.717, 1.165) is 16.7 Å². The molecule has 2 aromatic carbocycles. The molecule has 0 aromatic heterocycles. The molecule has 2 unspecified atom stereocenters. The zero-order valence-corrected chi connectivity index (χ0v) is 19.6. The molecule has 10 heteroatoms. The van der Waals surface area contributed by atoms with Crippen LogP contribution in [0.25, 0.3) is 6.08 Å². The number of hydrogen-bond acceptors (Lipinski definition) is 8. The number of nitrogens with one attached hydrogen (secondary N) is 1. The van der Waals surface area contributed by atoms with Crippen molar-refractivity contribution in [2.45, 2.75) is 41.6 Å². The minimum absolute atomic E-state index is 0.189. The van der Waals surface area contributed by atoms with Crippen molar-refractivity contribution >= 4 is 29.4 Å². The van der Waals surface area contributed by atoms with Crippen molar-refractivity contribution in [1.29, 1.82) is 0 Å². The van der Waals surface area contributed by atoms with Crippen LogP contribution in [0.4, 0.5) is 10.1 Å². The van der Waals surface area contributed by atoms with Gasteiger partial charge in [0, 0.05) is 30.4 Å². The van der Waals surface area contributed by atoms with Crippen LogP contribution >= 0.6 is 11.8 Å². The molecule has 0 bridgehead atoms. The minimum Gasteiger partial charge on any atom is -0.387 e. The number of amides is 1. The summed E-state index contributed by atoms with van der Waals surface area (Å²) in [6.45, 7) is 0. The van der Waals surface area contributed by atoms with Crippen LogP contribution in [0.15, 0.2) is 59.5 Å². The Balaban J connectivity index is 1.65. The van der Waals surface area contributed by atoms with Gasteiger partial charge in [-0.3, -0.25) is 4.79 Å². The van der Waals surface area contributed by atoms with Gasteiger partial charge in [-0.05, 0) is 18.2 Å². The van der Waals surface area contributed by atoms with Crippen molar-refractivity contribution in [2.75, 3.05) is 24.8 Å². The predicted molar refractivity (Wildman–Crippen MR) is 128 cm³/mol. The second-order valence-corrected chi connectivity index (χ2v) is 8.99. The Morgan fingerprint density at radius 3 is 2.56 bits per heavy atom. The first-order chi connectivity index (χ1) is 16.2. The molecular formula is C24H29FN2O6S. The van der Waals surface area contributed by atoms with Gasteiger partial charge in [0.15, 0.2) is 6.10 Å². The lowest BCUT2D eigenvalue weighted by molar-refractivity contribution is -0.150. The zero-order chi connectivity index (χ0) is 24.8. The zero-order valence-electron chi connectivity index (χ0n) is 18.8. The first kappa shape index (κ1) is 26.1. The fourth-order valence-electron chi connectivity index (χ4n) is 3.64. The number of rotatable bonds is 8. The molecule has 1 heterocycles. The standard InChI is InChI=1S/C24H29FN2O6S/c1-27-17-9-5-6-10-19(17)34-13-16(24(27)32)26-23(31)22(33-2)21(30)20(29)18(28)12-11-14-7-3-4-8-15(14)25/h3-12,16,18,20-22,24,28-30,32H,13H2,1-2H3,(H,26,31)/b12-11+/t16?,18-,20+,21-,22-,24?/m1/s1. The molecule has 1 aliphatic heterocycles. The van der Waals surface area contributed by atoms with Gasteiger partial charge in [0.05, 0.1) is 11.7 Å². The molecule has 0 fully saturated rings. The Bertz CT molecular complexity index is 1010. The number of para-hydroxylation sites is 1. The second-order valence-electron chi connectivity index (χ2n) is 7.93. The van der Waals surface area contributed by atoms with Gasteiger partial charge in [0.1, 0.15) is 30.4 Å². The summed E-state index contributed by atoms with van der Waals surface area (Å²) in [5, 5.41) is 44.6. The van der Waals surface area contributed by atoms with E-state index in [1.807, 2.05) is 24.3 Å². The monoisotopic (exact) mass is 492 g/mol. The van der Waals surface area contributed by atoms with Crippen LogP contribution in [0.1, 0.15) is 5.56 Å². The number of anilines is 1. The van der Waals surface area contributed by atoms with Gasteiger partial charge < -0.3 is 35.4 Å². The van der Waals surface area contributed by atoms with Crippen LogP contribution in [0.3, 0.4) is 0 Å². The molecule has 8 nitrogen and oxygen atoms in total. The number of nitrogens with zero attached hydrogens (tertiary/aromatic N) is 1. The number of benzene rings is 2. The summed E-state index contributed by atoms with van der Waals surface area (Å²) < 4.78 is 18.8. The maximum absolute atomic E-state index is 13.7. The average molecular weight is 493 g/mol. The van der Waals surface area contributed by atoms with Gasteiger partial charge in [-0.15, -0.1) is 11.8 Å². The minimum atomic E-state index is -1.80. The SMILES string of the molecule is CO[C@@H](C(=O)NC1CSc2ccccc2N(C)C1O)[C@H](O)[C@@H](O)[C@H](O)/C=C/c1ccccc1F. The number of carbonyl (C=O) groups excluding carboxylic acids is 1. The van der Waals surface area contributed by atoms with Crippen molar-refractivity contribution in [3.05, 3.63) is 66.0 Å². The van der Waals surface area contributed by atoms with E-state index in [1.165, 1.54) is 43.1 Å². The molecule has 3 rings (SSSR count). The Morgan fingerprint density at radius 1 is 1.18 bits per heavy atom. The van der Waals surface area contributed by atoms with Crippen molar-refractivity contribution in [2.24, 2.45) is 0 Å². The van der Waals surface area contributed by atoms with Crippen LogP contribution < -0.4 is 10.2 Å². The normalized spacial score (nSPS) is 21.9. The fourth-order valence-corrected chi connectivity index (χ4v) is 4.79. The molecule has 0 radical (unpaired) electrons. The number of carbonyl (C=O) groups is 1. The lowest BCUT2D eigenvalue weighted by atomic mass is 10.0. The van der Waals surface area contributed by atoms with Gasteiger partial charge in [-0.1, -0.05) is 42.5 Å². The van der Waals surface area contributed by atoms with Crippen LogP contribution in [0, 0.1) is 5.82 Å². The molecule has 34 heavy (non-hydrogen) atoms. The first-order valence-electron chi connectivity index (χ1n) is 10.7. The highest BCUT2D eigenvalue weighted by molar-refractivity contribution is 7.99. The number of halogens is 1. The number of fused-ring (bicyclic) bond motifs is 1. The highest BCUT2D eigenvalue weighted by Crippen LogP contribution is 2.34. The Hall–Kier alpha value is -2.47. The van der Waals surface area contributed by atoms with Gasteiger partial charge in [-0.25, -0.2) is 4.39 Å². The van der Waals surface area contributed by atoms with E-state index in [4.69, 9.17) is 4.74 Å². The van der Waals surface area contributed by atoms with E-state index < -0.39 is 48.4 Å². The molecular weight excluding hydrogens is 463 g/mol. The number of likely N-dealkylation sites (N-methyl/N-ethyl adjacent to an activating group) is 1. The topological polar surface area (TPSA) is 122 Å². The van der Waals surface area contributed by atoms with E-state index in [1.54, 1.807) is 18.0 Å². The molecule has 0 spiro atoms. The third-order valence-corrected chi connectivity index (χ3v) is 6.83. The number of thioether (sulfide) groups is 1. The van der Waals surface area contributed by atoms with E-state index in [2.05, 4.69) is 5.32 Å². The Labute approximate surface area is 201 Å². The highest BCUT2D eigenvalue weighted by Gasteiger charge is 2.38. The van der Waals surface area contributed by atoms with Crippen molar-refractivity contribution in [1.82, 2.24) is 5.32 Å². The number of aliphatic hydroxyl groups is 4. The molecule has 1 aliphatic rings. The van der Waals surface area contributed by atoms with Crippen molar-refractivity contribution in [3.63, 3.8) is 0 Å². The van der Waals surface area contributed by atoms with E-state index >= 15 is 0 Å². The fraction of sp³-hybridized carbons (Fsp3) is 0.375. The highest BCUT2D eigenvalue weighted by atomic mass is 32.2. The van der Waals surface area contributed by atoms with Gasteiger partial charge >= 0.3 is 0 Å². The van der Waals surface area contributed by atoms with E-state index in [0.29, 0.717) is 5.75 Å². The van der Waals surface area contributed by atoms with Gasteiger partial charge in [0.25, 0.3) is 5.91 Å². The first-order valence-corrected chi connectivity index (χ1v) is 11.7. The van der Waals surface area contributed by atoms with Crippen molar-refractivity contribution in [3.8, 4) is 0 Å².